The maximum absolute atomic E-state index is 10.9. The normalized spacial score (nSPS) is 12.8. The van der Waals surface area contributed by atoms with Gasteiger partial charge in [-0.05, 0) is 24.1 Å². The molecule has 104 valence electrons. The minimum absolute atomic E-state index is 0. The van der Waals surface area contributed by atoms with Crippen LogP contribution in [0.2, 0.25) is 0 Å². The first kappa shape index (κ1) is 15.5. The van der Waals surface area contributed by atoms with E-state index in [1.54, 1.807) is 7.11 Å². The molecule has 0 aromatic heterocycles. The summed E-state index contributed by atoms with van der Waals surface area (Å²) in [7, 11) is 1.67. The molecule has 0 aliphatic carbocycles. The Morgan fingerprint density at radius 3 is 2.95 bits per heavy atom. The highest BCUT2D eigenvalue weighted by Crippen LogP contribution is 2.22. The van der Waals surface area contributed by atoms with Crippen LogP contribution in [-0.4, -0.2) is 31.8 Å². The van der Waals surface area contributed by atoms with Crippen molar-refractivity contribution in [3.05, 3.63) is 29.3 Å². The van der Waals surface area contributed by atoms with Gasteiger partial charge in [-0.3, -0.25) is 9.79 Å². The molecule has 1 heterocycles. The molecule has 0 saturated heterocycles. The van der Waals surface area contributed by atoms with Crippen molar-refractivity contribution in [2.24, 2.45) is 4.99 Å². The Hall–Kier alpha value is -1.55. The number of fused-ring (bicyclic) bond motifs is 1. The fourth-order valence-electron chi connectivity index (χ4n) is 2.14. The first-order chi connectivity index (χ1) is 8.70. The fraction of sp³-hybridized carbons (Fsp3) is 0.429. The third kappa shape index (κ3) is 3.96. The molecule has 1 amide bonds. The van der Waals surface area contributed by atoms with Crippen LogP contribution in [0.15, 0.2) is 23.2 Å². The first-order valence-corrected chi connectivity index (χ1v) is 6.16. The minimum Gasteiger partial charge on any atom is -0.497 e. The Labute approximate surface area is 119 Å². The summed E-state index contributed by atoms with van der Waals surface area (Å²) in [6.07, 6.45) is 1.74. The standard InChI is InChI=1S/C14H18N2O2.ClH/c1-10(17)15-8-6-14-13-9-12(18-2)4-3-11(13)5-7-16-14;/h3-4,9H,5-8H2,1-2H3,(H,15,17);1H. The lowest BCUT2D eigenvalue weighted by molar-refractivity contribution is -0.118. The van der Waals surface area contributed by atoms with Gasteiger partial charge in [-0.15, -0.1) is 12.4 Å². The highest BCUT2D eigenvalue weighted by molar-refractivity contribution is 6.03. The number of benzene rings is 1. The van der Waals surface area contributed by atoms with Crippen LogP contribution in [0.25, 0.3) is 0 Å². The number of amides is 1. The third-order valence-corrected chi connectivity index (χ3v) is 3.05. The summed E-state index contributed by atoms with van der Waals surface area (Å²) in [6, 6.07) is 6.11. The topological polar surface area (TPSA) is 50.7 Å². The van der Waals surface area contributed by atoms with E-state index in [1.165, 1.54) is 12.5 Å². The summed E-state index contributed by atoms with van der Waals surface area (Å²) >= 11 is 0. The summed E-state index contributed by atoms with van der Waals surface area (Å²) in [5.41, 5.74) is 3.53. The van der Waals surface area contributed by atoms with Gasteiger partial charge in [0.25, 0.3) is 0 Å². The van der Waals surface area contributed by atoms with Crippen molar-refractivity contribution < 1.29 is 9.53 Å². The largest absolute Gasteiger partial charge is 0.497 e. The van der Waals surface area contributed by atoms with Crippen LogP contribution in [0, 0.1) is 0 Å². The molecule has 0 radical (unpaired) electrons. The number of ether oxygens (including phenoxy) is 1. The molecule has 4 nitrogen and oxygen atoms in total. The van der Waals surface area contributed by atoms with E-state index in [9.17, 15) is 4.79 Å². The van der Waals surface area contributed by atoms with Crippen LogP contribution in [0.5, 0.6) is 5.75 Å². The van der Waals surface area contributed by atoms with Crippen LogP contribution < -0.4 is 10.1 Å². The Morgan fingerprint density at radius 2 is 2.26 bits per heavy atom. The molecule has 0 saturated carbocycles. The second-order valence-electron chi connectivity index (χ2n) is 4.33. The second-order valence-corrected chi connectivity index (χ2v) is 4.33. The number of rotatable bonds is 4. The van der Waals surface area contributed by atoms with Crippen molar-refractivity contribution >= 4 is 24.0 Å². The van der Waals surface area contributed by atoms with Gasteiger partial charge in [0.2, 0.25) is 5.91 Å². The maximum Gasteiger partial charge on any atom is 0.216 e. The molecule has 0 fully saturated rings. The lowest BCUT2D eigenvalue weighted by Crippen LogP contribution is -2.24. The van der Waals surface area contributed by atoms with Crippen molar-refractivity contribution in [2.45, 2.75) is 19.8 Å². The van der Waals surface area contributed by atoms with Crippen molar-refractivity contribution in [1.82, 2.24) is 5.32 Å². The molecule has 0 spiro atoms. The Balaban J connectivity index is 0.00000180. The van der Waals surface area contributed by atoms with Crippen molar-refractivity contribution in [3.63, 3.8) is 0 Å². The summed E-state index contributed by atoms with van der Waals surface area (Å²) in [5, 5.41) is 2.80. The van der Waals surface area contributed by atoms with Gasteiger partial charge in [0, 0.05) is 37.7 Å². The molecule has 0 atom stereocenters. The zero-order valence-corrected chi connectivity index (χ0v) is 12.0. The smallest absolute Gasteiger partial charge is 0.216 e. The molecule has 1 aromatic carbocycles. The van der Waals surface area contributed by atoms with Gasteiger partial charge in [-0.1, -0.05) is 6.07 Å². The van der Waals surface area contributed by atoms with Crippen molar-refractivity contribution in [3.8, 4) is 5.75 Å². The second kappa shape index (κ2) is 7.14. The van der Waals surface area contributed by atoms with E-state index in [2.05, 4.69) is 16.4 Å². The van der Waals surface area contributed by atoms with E-state index in [4.69, 9.17) is 4.74 Å². The van der Waals surface area contributed by atoms with Crippen molar-refractivity contribution in [1.29, 1.82) is 0 Å². The number of nitrogens with one attached hydrogen (secondary N) is 1. The van der Waals surface area contributed by atoms with Gasteiger partial charge < -0.3 is 10.1 Å². The minimum atomic E-state index is -0.00252. The number of nitrogens with zero attached hydrogens (tertiary/aromatic N) is 1. The predicted molar refractivity (Wildman–Crippen MR) is 78.7 cm³/mol. The molecule has 0 bridgehead atoms. The van der Waals surface area contributed by atoms with E-state index >= 15 is 0 Å². The van der Waals surface area contributed by atoms with Gasteiger partial charge in [0.1, 0.15) is 5.75 Å². The van der Waals surface area contributed by atoms with Crippen LogP contribution in [0.1, 0.15) is 24.5 Å². The van der Waals surface area contributed by atoms with Gasteiger partial charge in [-0.2, -0.15) is 0 Å². The van der Waals surface area contributed by atoms with Gasteiger partial charge in [-0.25, -0.2) is 0 Å². The lowest BCUT2D eigenvalue weighted by atomic mass is 9.95. The molecule has 5 heteroatoms. The van der Waals surface area contributed by atoms with Gasteiger partial charge in [0.05, 0.1) is 7.11 Å². The quantitative estimate of drug-likeness (QED) is 0.918. The number of methoxy groups -OCH3 is 1. The Morgan fingerprint density at radius 1 is 1.47 bits per heavy atom. The predicted octanol–water partition coefficient (Wildman–Crippen LogP) is 1.99. The lowest BCUT2D eigenvalue weighted by Gasteiger charge is -2.18. The van der Waals surface area contributed by atoms with E-state index in [1.807, 2.05) is 12.1 Å². The highest BCUT2D eigenvalue weighted by Gasteiger charge is 2.14. The molecule has 19 heavy (non-hydrogen) atoms. The number of halogens is 1. The summed E-state index contributed by atoms with van der Waals surface area (Å²) in [4.78, 5) is 15.4. The molecular formula is C14H19ClN2O2. The molecule has 1 aliphatic heterocycles. The van der Waals surface area contributed by atoms with Gasteiger partial charge >= 0.3 is 0 Å². The van der Waals surface area contributed by atoms with E-state index in [-0.39, 0.29) is 18.3 Å². The van der Waals surface area contributed by atoms with Crippen LogP contribution >= 0.6 is 12.4 Å². The molecule has 1 aliphatic rings. The number of carbonyl (C=O) groups excluding carboxylic acids is 1. The van der Waals surface area contributed by atoms with E-state index < -0.39 is 0 Å². The van der Waals surface area contributed by atoms with Gasteiger partial charge in [0.15, 0.2) is 0 Å². The molecular weight excluding hydrogens is 264 g/mol. The maximum atomic E-state index is 10.9. The molecule has 1 aromatic rings. The fourth-order valence-corrected chi connectivity index (χ4v) is 2.14. The number of hydrogen-bond acceptors (Lipinski definition) is 3. The van der Waals surface area contributed by atoms with Crippen LogP contribution in [0.3, 0.4) is 0 Å². The molecule has 0 unspecified atom stereocenters. The average Bonchev–Trinajstić information content (AvgIpc) is 2.38. The number of hydrogen-bond donors (Lipinski definition) is 1. The molecule has 2 rings (SSSR count). The van der Waals surface area contributed by atoms with Crippen molar-refractivity contribution in [2.75, 3.05) is 20.2 Å². The average molecular weight is 283 g/mol. The number of aliphatic imine (C=N–C) groups is 1. The van der Waals surface area contributed by atoms with E-state index in [0.29, 0.717) is 6.54 Å². The summed E-state index contributed by atoms with van der Waals surface area (Å²) < 4.78 is 5.25. The highest BCUT2D eigenvalue weighted by atomic mass is 35.5. The monoisotopic (exact) mass is 282 g/mol. The van der Waals surface area contributed by atoms with E-state index in [0.717, 1.165) is 36.4 Å². The number of carbonyl (C=O) groups is 1. The zero-order chi connectivity index (χ0) is 13.0. The summed E-state index contributed by atoms with van der Waals surface area (Å²) in [5.74, 6) is 0.847. The zero-order valence-electron chi connectivity index (χ0n) is 11.2. The third-order valence-electron chi connectivity index (χ3n) is 3.05. The molecule has 1 N–H and O–H groups in total. The van der Waals surface area contributed by atoms with Crippen LogP contribution in [-0.2, 0) is 11.2 Å². The Bertz CT molecular complexity index is 486. The Kier molecular flexibility index (Phi) is 5.83. The first-order valence-electron chi connectivity index (χ1n) is 6.16. The summed E-state index contributed by atoms with van der Waals surface area (Å²) in [6.45, 7) is 2.99. The van der Waals surface area contributed by atoms with Crippen LogP contribution in [0.4, 0.5) is 0 Å². The SMILES string of the molecule is COc1ccc2c(c1)C(CCNC(C)=O)=NCC2.Cl.